The van der Waals surface area contributed by atoms with Crippen molar-refractivity contribution in [3.63, 3.8) is 0 Å². The van der Waals surface area contributed by atoms with Crippen LogP contribution in [0.3, 0.4) is 0 Å². The van der Waals surface area contributed by atoms with Gasteiger partial charge in [-0.2, -0.15) is 0 Å². The number of hydrogen-bond donors (Lipinski definition) is 0. The number of halogens is 4. The molecule has 117 valence electrons. The molecule has 0 aliphatic carbocycles. The Morgan fingerprint density at radius 1 is 0.773 bits per heavy atom. The van der Waals surface area contributed by atoms with Gasteiger partial charge < -0.3 is 0 Å². The molecule has 0 fully saturated rings. The smallest absolute Gasteiger partial charge is 0.0595 e. The average Bonchev–Trinajstić information content (AvgIpc) is 2.50. The second-order valence-corrected chi connectivity index (χ2v) is 7.15. The quantitative estimate of drug-likeness (QED) is 0.500. The molecule has 0 aliphatic rings. The summed E-state index contributed by atoms with van der Waals surface area (Å²) in [7, 11) is 0. The Balaban J connectivity index is 1.99. The number of hydrogen-bond acceptors (Lipinski definition) is 0. The summed E-state index contributed by atoms with van der Waals surface area (Å²) in [5.41, 5.74) is 2.30. The lowest BCUT2D eigenvalue weighted by Gasteiger charge is -2.17. The summed E-state index contributed by atoms with van der Waals surface area (Å²) in [6.45, 7) is 6.41. The summed E-state index contributed by atoms with van der Waals surface area (Å²) in [4.78, 5) is 0. The minimum atomic E-state index is 0.181. The molecular weight excluding hydrogens is 358 g/mol. The predicted octanol–water partition coefficient (Wildman–Crippen LogP) is 7.80. The van der Waals surface area contributed by atoms with Gasteiger partial charge in [-0.25, -0.2) is 0 Å². The molecule has 0 aliphatic heterocycles. The Bertz CT molecular complexity index is 594. The maximum atomic E-state index is 6.08. The number of rotatable bonds is 5. The van der Waals surface area contributed by atoms with Gasteiger partial charge in [-0.15, -0.1) is 0 Å². The van der Waals surface area contributed by atoms with Crippen LogP contribution >= 0.6 is 46.4 Å². The van der Waals surface area contributed by atoms with Gasteiger partial charge in [0, 0.05) is 0 Å². The largest absolute Gasteiger partial charge is 0.0827 e. The van der Waals surface area contributed by atoms with Gasteiger partial charge in [0.25, 0.3) is 0 Å². The maximum Gasteiger partial charge on any atom is 0.0595 e. The van der Waals surface area contributed by atoms with E-state index in [1.807, 2.05) is 36.4 Å². The van der Waals surface area contributed by atoms with Gasteiger partial charge in [-0.05, 0) is 67.0 Å². The highest BCUT2D eigenvalue weighted by molar-refractivity contribution is 6.42. The Hall–Kier alpha value is -0.400. The molecule has 4 heteroatoms. The van der Waals surface area contributed by atoms with Crippen molar-refractivity contribution in [3.8, 4) is 0 Å². The van der Waals surface area contributed by atoms with Crippen molar-refractivity contribution in [2.45, 2.75) is 31.6 Å². The van der Waals surface area contributed by atoms with Crippen molar-refractivity contribution in [2.75, 3.05) is 0 Å². The van der Waals surface area contributed by atoms with Gasteiger partial charge in [0.05, 0.1) is 20.1 Å². The molecule has 0 saturated carbocycles. The summed E-state index contributed by atoms with van der Waals surface area (Å²) in [6, 6.07) is 11.5. The van der Waals surface area contributed by atoms with Crippen LogP contribution in [-0.4, -0.2) is 0 Å². The van der Waals surface area contributed by atoms with E-state index in [0.29, 0.717) is 26.0 Å². The average molecular weight is 375 g/mol. The molecule has 0 heterocycles. The van der Waals surface area contributed by atoms with Gasteiger partial charge >= 0.3 is 0 Å². The molecule has 2 unspecified atom stereocenters. The van der Waals surface area contributed by atoms with Crippen LogP contribution in [0, 0.1) is 6.92 Å². The van der Waals surface area contributed by atoms with E-state index in [9.17, 15) is 0 Å². The van der Waals surface area contributed by atoms with Crippen molar-refractivity contribution in [1.82, 2.24) is 0 Å². The predicted molar refractivity (Wildman–Crippen MR) is 98.7 cm³/mol. The van der Waals surface area contributed by atoms with E-state index in [4.69, 9.17) is 46.4 Å². The Morgan fingerprint density at radius 2 is 1.27 bits per heavy atom. The normalized spacial score (nSPS) is 13.9. The van der Waals surface area contributed by atoms with Crippen molar-refractivity contribution in [3.05, 3.63) is 74.5 Å². The minimum absolute atomic E-state index is 0.181. The van der Waals surface area contributed by atoms with E-state index in [1.165, 1.54) is 5.56 Å². The molecule has 0 aromatic heterocycles. The zero-order valence-electron chi connectivity index (χ0n) is 12.3. The first kappa shape index (κ1) is 17.9. The van der Waals surface area contributed by atoms with E-state index in [0.717, 1.165) is 18.4 Å². The van der Waals surface area contributed by atoms with E-state index in [1.54, 1.807) is 0 Å². The van der Waals surface area contributed by atoms with Crippen LogP contribution in [0.4, 0.5) is 0 Å². The van der Waals surface area contributed by atoms with E-state index in [2.05, 4.69) is 13.8 Å². The first-order chi connectivity index (χ1) is 10.4. The highest BCUT2D eigenvalue weighted by Gasteiger charge is 2.12. The molecule has 22 heavy (non-hydrogen) atoms. The molecule has 0 spiro atoms. The summed E-state index contributed by atoms with van der Waals surface area (Å²) >= 11 is 24.0. The first-order valence-corrected chi connectivity index (χ1v) is 8.62. The van der Waals surface area contributed by atoms with Crippen LogP contribution in [-0.2, 0) is 0 Å². The molecule has 2 atom stereocenters. The highest BCUT2D eigenvalue weighted by Crippen LogP contribution is 2.32. The lowest BCUT2D eigenvalue weighted by Crippen LogP contribution is -1.99. The van der Waals surface area contributed by atoms with E-state index in [-0.39, 0.29) is 5.92 Å². The fraction of sp³-hybridized carbons (Fsp3) is 0.278. The lowest BCUT2D eigenvalue weighted by molar-refractivity contribution is 0.598. The Morgan fingerprint density at radius 3 is 1.82 bits per heavy atom. The minimum Gasteiger partial charge on any atom is -0.0827 e. The van der Waals surface area contributed by atoms with Gasteiger partial charge in [0.1, 0.15) is 0 Å². The van der Waals surface area contributed by atoms with Gasteiger partial charge in [0.15, 0.2) is 0 Å². The van der Waals surface area contributed by atoms with Gasteiger partial charge in [-0.3, -0.25) is 0 Å². The molecule has 2 aromatic rings. The van der Waals surface area contributed by atoms with Crippen LogP contribution in [0.2, 0.25) is 20.1 Å². The topological polar surface area (TPSA) is 0 Å². The molecule has 1 radical (unpaired) electrons. The summed E-state index contributed by atoms with van der Waals surface area (Å²) in [5, 5.41) is 2.33. The first-order valence-electron chi connectivity index (χ1n) is 7.11. The molecule has 0 amide bonds. The summed E-state index contributed by atoms with van der Waals surface area (Å²) in [6.07, 6.45) is 1.96. The third kappa shape index (κ3) is 4.55. The summed E-state index contributed by atoms with van der Waals surface area (Å²) in [5.74, 6) is 0.571. The summed E-state index contributed by atoms with van der Waals surface area (Å²) < 4.78 is 0. The molecule has 2 aromatic carbocycles. The van der Waals surface area contributed by atoms with Crippen LogP contribution in [0.5, 0.6) is 0 Å². The fourth-order valence-corrected chi connectivity index (χ4v) is 2.98. The Kier molecular flexibility index (Phi) is 6.46. The third-order valence-electron chi connectivity index (χ3n) is 3.88. The van der Waals surface area contributed by atoms with Crippen LogP contribution < -0.4 is 0 Å². The third-order valence-corrected chi connectivity index (χ3v) is 5.35. The second-order valence-electron chi connectivity index (χ2n) is 5.52. The van der Waals surface area contributed by atoms with Crippen molar-refractivity contribution < 1.29 is 0 Å². The standard InChI is InChI=1S/C18H17Cl4/c1-11(13-5-7-15(19)17(21)9-13)3-4-12(2)14-6-8-16(20)18(22)10-14/h5-12H,1,3-4H2,2H3. The van der Waals surface area contributed by atoms with Gasteiger partial charge in [-0.1, -0.05) is 65.5 Å². The highest BCUT2D eigenvalue weighted by atomic mass is 35.5. The number of benzene rings is 2. The van der Waals surface area contributed by atoms with Crippen LogP contribution in [0.1, 0.15) is 42.7 Å². The zero-order chi connectivity index (χ0) is 16.3. The molecule has 2 rings (SSSR count). The van der Waals surface area contributed by atoms with Crippen LogP contribution in [0.15, 0.2) is 36.4 Å². The van der Waals surface area contributed by atoms with Crippen molar-refractivity contribution >= 4 is 46.4 Å². The molecule has 0 bridgehead atoms. The molecule has 0 nitrogen and oxygen atoms in total. The van der Waals surface area contributed by atoms with Crippen molar-refractivity contribution in [1.29, 1.82) is 0 Å². The fourth-order valence-electron chi connectivity index (χ4n) is 2.37. The molecular formula is C18H17Cl4. The zero-order valence-corrected chi connectivity index (χ0v) is 15.3. The lowest BCUT2D eigenvalue weighted by atomic mass is 9.89. The van der Waals surface area contributed by atoms with E-state index < -0.39 is 0 Å². The molecule has 0 saturated heterocycles. The van der Waals surface area contributed by atoms with E-state index >= 15 is 0 Å². The Labute approximate surface area is 152 Å². The maximum absolute atomic E-state index is 6.08. The second kappa shape index (κ2) is 7.93. The molecule has 0 N–H and O–H groups in total. The van der Waals surface area contributed by atoms with Gasteiger partial charge in [0.2, 0.25) is 0 Å². The monoisotopic (exact) mass is 373 g/mol. The van der Waals surface area contributed by atoms with Crippen molar-refractivity contribution in [2.24, 2.45) is 0 Å². The SMILES string of the molecule is [CH2]C(CCC(C)c1ccc(Cl)c(Cl)c1)c1ccc(Cl)c(Cl)c1. The van der Waals surface area contributed by atoms with Crippen LogP contribution in [0.25, 0.3) is 0 Å².